The lowest BCUT2D eigenvalue weighted by Gasteiger charge is -2.49. The van der Waals surface area contributed by atoms with Crippen molar-refractivity contribution in [2.24, 2.45) is 17.1 Å². The van der Waals surface area contributed by atoms with Crippen molar-refractivity contribution in [3.8, 4) is 0 Å². The van der Waals surface area contributed by atoms with E-state index in [1.807, 2.05) is 0 Å². The third kappa shape index (κ3) is 3.62. The summed E-state index contributed by atoms with van der Waals surface area (Å²) in [7, 11) is 0. The van der Waals surface area contributed by atoms with Crippen LogP contribution in [0.25, 0.3) is 0 Å². The largest absolute Gasteiger partial charge is 0.329 e. The van der Waals surface area contributed by atoms with Gasteiger partial charge < -0.3 is 11.1 Å². The molecule has 1 aliphatic rings. The lowest BCUT2D eigenvalue weighted by atomic mass is 9.64. The third-order valence-electron chi connectivity index (χ3n) is 4.67. The Morgan fingerprint density at radius 1 is 1.25 bits per heavy atom. The molecule has 3 unspecified atom stereocenters. The summed E-state index contributed by atoms with van der Waals surface area (Å²) in [5.41, 5.74) is 7.98. The molecular weight excluding hydrogens is 244 g/mol. The first-order valence-electron chi connectivity index (χ1n) is 7.89. The molecular formula is C18H30N2. The van der Waals surface area contributed by atoms with Gasteiger partial charge in [-0.15, -0.1) is 0 Å². The highest BCUT2D eigenvalue weighted by molar-refractivity contribution is 5.19. The standard InChI is InChI=1S/C18H30N2/c1-14-10-17(3,4)12-18(11-14,13-19)20-15(2)16-8-6-5-7-9-16/h5-9,14-15,20H,10-13,19H2,1-4H3. The number of rotatable bonds is 4. The van der Waals surface area contributed by atoms with Gasteiger partial charge in [0.2, 0.25) is 0 Å². The van der Waals surface area contributed by atoms with Crippen LogP contribution in [-0.2, 0) is 0 Å². The molecule has 0 spiro atoms. The highest BCUT2D eigenvalue weighted by Gasteiger charge is 2.42. The van der Waals surface area contributed by atoms with Crippen LogP contribution in [0.5, 0.6) is 0 Å². The summed E-state index contributed by atoms with van der Waals surface area (Å²) in [5.74, 6) is 0.734. The second kappa shape index (κ2) is 5.87. The molecule has 1 aliphatic carbocycles. The molecule has 0 radical (unpaired) electrons. The lowest BCUT2D eigenvalue weighted by Crippen LogP contribution is -2.57. The Bertz CT molecular complexity index is 426. The topological polar surface area (TPSA) is 38.0 Å². The van der Waals surface area contributed by atoms with E-state index < -0.39 is 0 Å². The fourth-order valence-corrected chi connectivity index (χ4v) is 4.35. The van der Waals surface area contributed by atoms with E-state index in [9.17, 15) is 0 Å². The molecule has 0 saturated heterocycles. The van der Waals surface area contributed by atoms with Crippen LogP contribution < -0.4 is 11.1 Å². The number of hydrogen-bond acceptors (Lipinski definition) is 2. The molecule has 1 saturated carbocycles. The fourth-order valence-electron chi connectivity index (χ4n) is 4.35. The SMILES string of the molecule is CC1CC(C)(C)CC(CN)(NC(C)c2ccccc2)C1. The smallest absolute Gasteiger partial charge is 0.0317 e. The van der Waals surface area contributed by atoms with E-state index in [2.05, 4.69) is 63.3 Å². The second-order valence-corrected chi connectivity index (χ2v) is 7.62. The Hall–Kier alpha value is -0.860. The average molecular weight is 274 g/mol. The van der Waals surface area contributed by atoms with Crippen LogP contribution in [0.1, 0.15) is 58.6 Å². The summed E-state index contributed by atoms with van der Waals surface area (Å²) < 4.78 is 0. The number of benzene rings is 1. The van der Waals surface area contributed by atoms with Gasteiger partial charge in [0.25, 0.3) is 0 Å². The summed E-state index contributed by atoms with van der Waals surface area (Å²) in [6.45, 7) is 10.1. The normalized spacial score (nSPS) is 30.9. The number of nitrogens with two attached hydrogens (primary N) is 1. The molecule has 20 heavy (non-hydrogen) atoms. The zero-order valence-corrected chi connectivity index (χ0v) is 13.4. The van der Waals surface area contributed by atoms with E-state index in [1.165, 1.54) is 18.4 Å². The van der Waals surface area contributed by atoms with Crippen LogP contribution in [0, 0.1) is 11.3 Å². The Labute approximate surface area is 124 Å². The van der Waals surface area contributed by atoms with Crippen molar-refractivity contribution < 1.29 is 0 Å². The first-order valence-corrected chi connectivity index (χ1v) is 7.89. The van der Waals surface area contributed by atoms with Crippen LogP contribution in [0.15, 0.2) is 30.3 Å². The molecule has 2 heteroatoms. The van der Waals surface area contributed by atoms with Gasteiger partial charge in [0, 0.05) is 18.1 Å². The maximum absolute atomic E-state index is 6.19. The lowest BCUT2D eigenvalue weighted by molar-refractivity contribution is 0.0787. The fraction of sp³-hybridized carbons (Fsp3) is 0.667. The summed E-state index contributed by atoms with van der Waals surface area (Å²) in [4.78, 5) is 0. The molecule has 0 heterocycles. The molecule has 0 bridgehead atoms. The summed E-state index contributed by atoms with van der Waals surface area (Å²) in [5, 5.41) is 3.86. The van der Waals surface area contributed by atoms with Crippen molar-refractivity contribution in [1.82, 2.24) is 5.32 Å². The Morgan fingerprint density at radius 2 is 1.90 bits per heavy atom. The number of hydrogen-bond donors (Lipinski definition) is 2. The van der Waals surface area contributed by atoms with Gasteiger partial charge >= 0.3 is 0 Å². The number of nitrogens with one attached hydrogen (secondary N) is 1. The predicted octanol–water partition coefficient (Wildman–Crippen LogP) is 3.88. The average Bonchev–Trinajstić information content (AvgIpc) is 2.37. The van der Waals surface area contributed by atoms with E-state index in [4.69, 9.17) is 5.73 Å². The van der Waals surface area contributed by atoms with Crippen molar-refractivity contribution in [2.75, 3.05) is 6.54 Å². The van der Waals surface area contributed by atoms with Gasteiger partial charge in [0.15, 0.2) is 0 Å². The molecule has 2 nitrogen and oxygen atoms in total. The van der Waals surface area contributed by atoms with Gasteiger partial charge in [0.1, 0.15) is 0 Å². The maximum Gasteiger partial charge on any atom is 0.0317 e. The zero-order valence-electron chi connectivity index (χ0n) is 13.4. The molecule has 0 amide bonds. The van der Waals surface area contributed by atoms with Gasteiger partial charge in [-0.25, -0.2) is 0 Å². The van der Waals surface area contributed by atoms with Gasteiger partial charge in [-0.2, -0.15) is 0 Å². The predicted molar refractivity (Wildman–Crippen MR) is 86.6 cm³/mol. The van der Waals surface area contributed by atoms with Gasteiger partial charge in [-0.3, -0.25) is 0 Å². The van der Waals surface area contributed by atoms with Crippen LogP contribution in [-0.4, -0.2) is 12.1 Å². The van der Waals surface area contributed by atoms with Crippen molar-refractivity contribution >= 4 is 0 Å². The van der Waals surface area contributed by atoms with E-state index >= 15 is 0 Å². The Morgan fingerprint density at radius 3 is 2.45 bits per heavy atom. The first kappa shape index (κ1) is 15.5. The molecule has 2 rings (SSSR count). The molecule has 3 N–H and O–H groups in total. The highest BCUT2D eigenvalue weighted by atomic mass is 15.0. The van der Waals surface area contributed by atoms with Gasteiger partial charge in [-0.05, 0) is 43.1 Å². The summed E-state index contributed by atoms with van der Waals surface area (Å²) in [6.07, 6.45) is 3.65. The molecule has 112 valence electrons. The molecule has 1 aromatic carbocycles. The minimum Gasteiger partial charge on any atom is -0.329 e. The van der Waals surface area contributed by atoms with E-state index in [-0.39, 0.29) is 5.54 Å². The summed E-state index contributed by atoms with van der Waals surface area (Å²) in [6, 6.07) is 11.0. The second-order valence-electron chi connectivity index (χ2n) is 7.62. The molecule has 1 fully saturated rings. The third-order valence-corrected chi connectivity index (χ3v) is 4.67. The van der Waals surface area contributed by atoms with Crippen molar-refractivity contribution in [1.29, 1.82) is 0 Å². The van der Waals surface area contributed by atoms with Crippen LogP contribution in [0.4, 0.5) is 0 Å². The summed E-state index contributed by atoms with van der Waals surface area (Å²) >= 11 is 0. The van der Waals surface area contributed by atoms with Crippen molar-refractivity contribution in [3.05, 3.63) is 35.9 Å². The highest BCUT2D eigenvalue weighted by Crippen LogP contribution is 2.44. The van der Waals surface area contributed by atoms with Crippen molar-refractivity contribution in [2.45, 2.75) is 58.5 Å². The van der Waals surface area contributed by atoms with Crippen LogP contribution in [0.3, 0.4) is 0 Å². The zero-order chi connectivity index (χ0) is 14.8. The Kier molecular flexibility index (Phi) is 4.55. The minimum absolute atomic E-state index is 0.0798. The quantitative estimate of drug-likeness (QED) is 0.874. The molecule has 3 atom stereocenters. The van der Waals surface area contributed by atoms with Crippen LogP contribution in [0.2, 0.25) is 0 Å². The first-order chi connectivity index (χ1) is 9.36. The monoisotopic (exact) mass is 274 g/mol. The van der Waals surface area contributed by atoms with E-state index in [0.717, 1.165) is 18.9 Å². The molecule has 0 aromatic heterocycles. The Balaban J connectivity index is 2.15. The molecule has 1 aromatic rings. The minimum atomic E-state index is 0.0798. The maximum atomic E-state index is 6.19. The molecule has 0 aliphatic heterocycles. The van der Waals surface area contributed by atoms with E-state index in [0.29, 0.717) is 11.5 Å². The van der Waals surface area contributed by atoms with Gasteiger partial charge in [0.05, 0.1) is 0 Å². The van der Waals surface area contributed by atoms with E-state index in [1.54, 1.807) is 0 Å². The van der Waals surface area contributed by atoms with Crippen LogP contribution >= 0.6 is 0 Å². The van der Waals surface area contributed by atoms with Crippen molar-refractivity contribution in [3.63, 3.8) is 0 Å². The van der Waals surface area contributed by atoms with Gasteiger partial charge in [-0.1, -0.05) is 51.1 Å².